The summed E-state index contributed by atoms with van der Waals surface area (Å²) in [5, 5.41) is 3.52. The standard InChI is InChI=1S/C16H24N2O/c1-2-18(12-13-6-5-11-19-13)16-9-3-8-15-14(16)7-4-10-17-15/h3,8-9,13,17H,2,4-7,10-12H2,1H3. The Labute approximate surface area is 115 Å². The molecule has 1 unspecified atom stereocenters. The Hall–Kier alpha value is -1.22. The minimum atomic E-state index is 0.423. The van der Waals surface area contributed by atoms with Crippen molar-refractivity contribution in [2.45, 2.75) is 38.7 Å². The van der Waals surface area contributed by atoms with E-state index in [1.54, 1.807) is 0 Å². The highest BCUT2D eigenvalue weighted by molar-refractivity contribution is 5.67. The lowest BCUT2D eigenvalue weighted by Gasteiger charge is -2.31. The van der Waals surface area contributed by atoms with Crippen LogP contribution in [0.4, 0.5) is 11.4 Å². The van der Waals surface area contributed by atoms with Crippen molar-refractivity contribution in [3.8, 4) is 0 Å². The smallest absolute Gasteiger partial charge is 0.0750 e. The quantitative estimate of drug-likeness (QED) is 0.900. The zero-order chi connectivity index (χ0) is 13.1. The Morgan fingerprint density at radius 3 is 3.11 bits per heavy atom. The van der Waals surface area contributed by atoms with Crippen LogP contribution in [-0.4, -0.2) is 32.3 Å². The van der Waals surface area contributed by atoms with Crippen LogP contribution in [0.1, 0.15) is 31.7 Å². The van der Waals surface area contributed by atoms with Gasteiger partial charge in [-0.3, -0.25) is 0 Å². The SMILES string of the molecule is CCN(CC1CCCO1)c1cccc2c1CCCN2. The molecule has 1 saturated heterocycles. The van der Waals surface area contributed by atoms with Gasteiger partial charge in [-0.2, -0.15) is 0 Å². The number of hydrogen-bond donors (Lipinski definition) is 1. The van der Waals surface area contributed by atoms with Gasteiger partial charge >= 0.3 is 0 Å². The number of nitrogens with zero attached hydrogens (tertiary/aromatic N) is 1. The van der Waals surface area contributed by atoms with Crippen molar-refractivity contribution in [1.29, 1.82) is 0 Å². The molecule has 2 aliphatic heterocycles. The lowest BCUT2D eigenvalue weighted by atomic mass is 10.0. The highest BCUT2D eigenvalue weighted by atomic mass is 16.5. The van der Waals surface area contributed by atoms with Crippen molar-refractivity contribution < 1.29 is 4.74 Å². The molecule has 0 aromatic heterocycles. The van der Waals surface area contributed by atoms with Crippen LogP contribution in [0.15, 0.2) is 18.2 Å². The van der Waals surface area contributed by atoms with Gasteiger partial charge in [-0.25, -0.2) is 0 Å². The molecule has 1 N–H and O–H groups in total. The zero-order valence-corrected chi connectivity index (χ0v) is 11.8. The van der Waals surface area contributed by atoms with Crippen molar-refractivity contribution in [1.82, 2.24) is 0 Å². The third-order valence-electron chi connectivity index (χ3n) is 4.24. The van der Waals surface area contributed by atoms with Crippen LogP contribution in [0.5, 0.6) is 0 Å². The van der Waals surface area contributed by atoms with E-state index in [2.05, 4.69) is 35.3 Å². The minimum absolute atomic E-state index is 0.423. The number of anilines is 2. The minimum Gasteiger partial charge on any atom is -0.385 e. The summed E-state index contributed by atoms with van der Waals surface area (Å²) in [5.41, 5.74) is 4.23. The van der Waals surface area contributed by atoms with Crippen molar-refractivity contribution in [3.05, 3.63) is 23.8 Å². The normalized spacial score (nSPS) is 21.8. The topological polar surface area (TPSA) is 24.5 Å². The predicted molar refractivity (Wildman–Crippen MR) is 80.1 cm³/mol. The molecule has 0 aliphatic carbocycles. The average molecular weight is 260 g/mol. The molecule has 1 fully saturated rings. The Balaban J connectivity index is 1.81. The molecule has 19 heavy (non-hydrogen) atoms. The fourth-order valence-corrected chi connectivity index (χ4v) is 3.22. The van der Waals surface area contributed by atoms with Crippen LogP contribution in [-0.2, 0) is 11.2 Å². The predicted octanol–water partition coefficient (Wildman–Crippen LogP) is 3.05. The van der Waals surface area contributed by atoms with Gasteiger partial charge in [0.25, 0.3) is 0 Å². The van der Waals surface area contributed by atoms with Crippen LogP contribution in [0.2, 0.25) is 0 Å². The van der Waals surface area contributed by atoms with Gasteiger partial charge in [-0.05, 0) is 50.3 Å². The van der Waals surface area contributed by atoms with E-state index in [-0.39, 0.29) is 0 Å². The lowest BCUT2D eigenvalue weighted by Crippen LogP contribution is -2.33. The van der Waals surface area contributed by atoms with Gasteiger partial charge in [-0.15, -0.1) is 0 Å². The number of nitrogens with one attached hydrogen (secondary N) is 1. The van der Waals surface area contributed by atoms with Crippen molar-refractivity contribution >= 4 is 11.4 Å². The maximum atomic E-state index is 5.79. The van der Waals surface area contributed by atoms with Gasteiger partial charge in [0.1, 0.15) is 0 Å². The molecule has 1 aromatic rings. The number of fused-ring (bicyclic) bond motifs is 1. The molecule has 0 bridgehead atoms. The maximum absolute atomic E-state index is 5.79. The van der Waals surface area contributed by atoms with E-state index < -0.39 is 0 Å². The molecule has 2 heterocycles. The summed E-state index contributed by atoms with van der Waals surface area (Å²) in [5.74, 6) is 0. The Kier molecular flexibility index (Phi) is 3.92. The van der Waals surface area contributed by atoms with Gasteiger partial charge in [-0.1, -0.05) is 6.07 Å². The molecule has 1 atom stereocenters. The van der Waals surface area contributed by atoms with Gasteiger partial charge in [0.05, 0.1) is 6.10 Å². The van der Waals surface area contributed by atoms with Crippen LogP contribution in [0.3, 0.4) is 0 Å². The first-order valence-electron chi connectivity index (χ1n) is 7.61. The van der Waals surface area contributed by atoms with E-state index in [4.69, 9.17) is 4.74 Å². The first-order valence-corrected chi connectivity index (χ1v) is 7.61. The highest BCUT2D eigenvalue weighted by Gasteiger charge is 2.21. The number of likely N-dealkylation sites (N-methyl/N-ethyl adjacent to an activating group) is 1. The number of benzene rings is 1. The van der Waals surface area contributed by atoms with Gasteiger partial charge < -0.3 is 15.0 Å². The second kappa shape index (κ2) is 5.83. The molecule has 0 saturated carbocycles. The van der Waals surface area contributed by atoms with Crippen molar-refractivity contribution in [2.24, 2.45) is 0 Å². The van der Waals surface area contributed by atoms with Gasteiger partial charge in [0.15, 0.2) is 0 Å². The van der Waals surface area contributed by atoms with E-state index in [9.17, 15) is 0 Å². The molecule has 3 nitrogen and oxygen atoms in total. The van der Waals surface area contributed by atoms with E-state index in [0.29, 0.717) is 6.10 Å². The summed E-state index contributed by atoms with van der Waals surface area (Å²) < 4.78 is 5.79. The molecule has 2 aliphatic rings. The van der Waals surface area contributed by atoms with E-state index in [0.717, 1.165) is 26.2 Å². The van der Waals surface area contributed by atoms with Gasteiger partial charge in [0.2, 0.25) is 0 Å². The van der Waals surface area contributed by atoms with Crippen LogP contribution in [0, 0.1) is 0 Å². The molecule has 0 radical (unpaired) electrons. The fourth-order valence-electron chi connectivity index (χ4n) is 3.22. The first-order chi connectivity index (χ1) is 9.38. The van der Waals surface area contributed by atoms with Crippen LogP contribution in [0.25, 0.3) is 0 Å². The largest absolute Gasteiger partial charge is 0.385 e. The Morgan fingerprint density at radius 2 is 2.32 bits per heavy atom. The fraction of sp³-hybridized carbons (Fsp3) is 0.625. The third kappa shape index (κ3) is 2.71. The summed E-state index contributed by atoms with van der Waals surface area (Å²) in [7, 11) is 0. The second-order valence-electron chi connectivity index (χ2n) is 5.51. The highest BCUT2D eigenvalue weighted by Crippen LogP contribution is 2.32. The Bertz CT molecular complexity index is 427. The number of hydrogen-bond acceptors (Lipinski definition) is 3. The molecular formula is C16H24N2O. The molecular weight excluding hydrogens is 236 g/mol. The van der Waals surface area contributed by atoms with Crippen LogP contribution < -0.4 is 10.2 Å². The monoisotopic (exact) mass is 260 g/mol. The second-order valence-corrected chi connectivity index (χ2v) is 5.51. The zero-order valence-electron chi connectivity index (χ0n) is 11.8. The van der Waals surface area contributed by atoms with E-state index >= 15 is 0 Å². The maximum Gasteiger partial charge on any atom is 0.0750 e. The van der Waals surface area contributed by atoms with Crippen molar-refractivity contribution in [3.63, 3.8) is 0 Å². The molecule has 3 rings (SSSR count). The molecule has 0 amide bonds. The van der Waals surface area contributed by atoms with Crippen molar-refractivity contribution in [2.75, 3.05) is 36.5 Å². The lowest BCUT2D eigenvalue weighted by molar-refractivity contribution is 0.115. The van der Waals surface area contributed by atoms with Gasteiger partial charge in [0, 0.05) is 37.6 Å². The number of rotatable bonds is 4. The molecule has 3 heteroatoms. The Morgan fingerprint density at radius 1 is 1.37 bits per heavy atom. The summed E-state index contributed by atoms with van der Waals surface area (Å²) in [4.78, 5) is 2.49. The summed E-state index contributed by atoms with van der Waals surface area (Å²) in [6, 6.07) is 6.65. The molecule has 104 valence electrons. The molecule has 1 aromatic carbocycles. The van der Waals surface area contributed by atoms with E-state index in [1.165, 1.54) is 42.6 Å². The summed E-state index contributed by atoms with van der Waals surface area (Å²) in [6.07, 6.45) is 5.29. The van der Waals surface area contributed by atoms with E-state index in [1.807, 2.05) is 0 Å². The van der Waals surface area contributed by atoms with Crippen LogP contribution >= 0.6 is 0 Å². The number of ether oxygens (including phenoxy) is 1. The summed E-state index contributed by atoms with van der Waals surface area (Å²) in [6.45, 7) is 6.37. The average Bonchev–Trinajstić information content (AvgIpc) is 2.97. The summed E-state index contributed by atoms with van der Waals surface area (Å²) >= 11 is 0. The molecule has 0 spiro atoms. The first kappa shape index (κ1) is 12.8. The third-order valence-corrected chi connectivity index (χ3v) is 4.24.